The molecular weight excluding hydrogens is 296 g/mol. The third-order valence-corrected chi connectivity index (χ3v) is 4.04. The SMILES string of the molecule is CN(C[C@@]1(O)CCCN(c2cnccn2)C1)C(=O)c1cnc[nH]1. The van der Waals surface area contributed by atoms with Crippen molar-refractivity contribution in [2.45, 2.75) is 18.4 Å². The Labute approximate surface area is 134 Å². The number of carbonyl (C=O) groups is 1. The van der Waals surface area contributed by atoms with Crippen molar-refractivity contribution in [3.05, 3.63) is 36.8 Å². The van der Waals surface area contributed by atoms with Gasteiger partial charge in [0.1, 0.15) is 11.5 Å². The van der Waals surface area contributed by atoms with Gasteiger partial charge in [-0.15, -0.1) is 0 Å². The average Bonchev–Trinajstić information content (AvgIpc) is 3.09. The number of piperidine rings is 1. The first-order chi connectivity index (χ1) is 11.1. The van der Waals surface area contributed by atoms with Gasteiger partial charge in [-0.05, 0) is 12.8 Å². The van der Waals surface area contributed by atoms with E-state index in [1.807, 2.05) is 4.90 Å². The van der Waals surface area contributed by atoms with Crippen LogP contribution < -0.4 is 4.90 Å². The number of β-amino-alcohol motifs (C(OH)–C–C–N with tert-alkyl or cyclic N) is 1. The topological polar surface area (TPSA) is 98.2 Å². The molecule has 23 heavy (non-hydrogen) atoms. The van der Waals surface area contributed by atoms with Crippen molar-refractivity contribution >= 4 is 11.7 Å². The van der Waals surface area contributed by atoms with Crippen molar-refractivity contribution in [2.24, 2.45) is 0 Å². The minimum absolute atomic E-state index is 0.187. The van der Waals surface area contributed by atoms with E-state index in [0.29, 0.717) is 18.7 Å². The largest absolute Gasteiger partial charge is 0.386 e. The molecule has 8 nitrogen and oxygen atoms in total. The molecule has 1 aliphatic heterocycles. The second-order valence-corrected chi connectivity index (χ2v) is 5.94. The van der Waals surface area contributed by atoms with E-state index >= 15 is 0 Å². The van der Waals surface area contributed by atoms with Gasteiger partial charge in [0.05, 0.1) is 30.9 Å². The Bertz CT molecular complexity index is 647. The molecule has 1 saturated heterocycles. The summed E-state index contributed by atoms with van der Waals surface area (Å²) in [4.78, 5) is 30.8. The van der Waals surface area contributed by atoms with Crippen LogP contribution in [0.15, 0.2) is 31.1 Å². The van der Waals surface area contributed by atoms with Crippen LogP contribution in [0.1, 0.15) is 23.3 Å². The molecule has 3 rings (SSSR count). The molecule has 0 radical (unpaired) electrons. The van der Waals surface area contributed by atoms with E-state index in [2.05, 4.69) is 19.9 Å². The monoisotopic (exact) mass is 316 g/mol. The molecule has 1 aliphatic rings. The van der Waals surface area contributed by atoms with Gasteiger partial charge in [0.25, 0.3) is 5.91 Å². The van der Waals surface area contributed by atoms with Crippen LogP contribution in [-0.2, 0) is 0 Å². The van der Waals surface area contributed by atoms with Gasteiger partial charge in [0.15, 0.2) is 0 Å². The smallest absolute Gasteiger partial charge is 0.271 e. The highest BCUT2D eigenvalue weighted by molar-refractivity contribution is 5.91. The van der Waals surface area contributed by atoms with Gasteiger partial charge < -0.3 is 19.9 Å². The first kappa shape index (κ1) is 15.4. The molecule has 3 heterocycles. The second kappa shape index (κ2) is 6.33. The molecule has 2 N–H and O–H groups in total. The number of hydrogen-bond acceptors (Lipinski definition) is 6. The number of rotatable bonds is 4. The van der Waals surface area contributed by atoms with Crippen LogP contribution in [0, 0.1) is 0 Å². The number of aromatic nitrogens is 4. The van der Waals surface area contributed by atoms with Crippen molar-refractivity contribution in [1.29, 1.82) is 0 Å². The molecule has 1 atom stereocenters. The zero-order valence-electron chi connectivity index (χ0n) is 13.0. The molecule has 1 fully saturated rings. The molecule has 2 aromatic heterocycles. The highest BCUT2D eigenvalue weighted by Gasteiger charge is 2.36. The predicted molar refractivity (Wildman–Crippen MR) is 84.0 cm³/mol. The van der Waals surface area contributed by atoms with Crippen molar-refractivity contribution in [1.82, 2.24) is 24.8 Å². The predicted octanol–water partition coefficient (Wildman–Crippen LogP) is 0.303. The minimum Gasteiger partial charge on any atom is -0.386 e. The number of anilines is 1. The molecule has 0 spiro atoms. The summed E-state index contributed by atoms with van der Waals surface area (Å²) in [6.45, 7) is 1.49. The summed E-state index contributed by atoms with van der Waals surface area (Å²) in [5.74, 6) is 0.556. The number of aromatic amines is 1. The number of imidazole rings is 1. The maximum atomic E-state index is 12.3. The van der Waals surface area contributed by atoms with Gasteiger partial charge in [0.2, 0.25) is 0 Å². The molecular formula is C15H20N6O2. The van der Waals surface area contributed by atoms with E-state index in [1.165, 1.54) is 17.4 Å². The van der Waals surface area contributed by atoms with Crippen molar-refractivity contribution < 1.29 is 9.90 Å². The summed E-state index contributed by atoms with van der Waals surface area (Å²) >= 11 is 0. The van der Waals surface area contributed by atoms with Crippen LogP contribution in [0.2, 0.25) is 0 Å². The van der Waals surface area contributed by atoms with Crippen molar-refractivity contribution in [3.63, 3.8) is 0 Å². The minimum atomic E-state index is -0.972. The van der Waals surface area contributed by atoms with E-state index in [0.717, 1.165) is 18.8 Å². The number of H-pyrrole nitrogens is 1. The van der Waals surface area contributed by atoms with Crippen LogP contribution in [0.25, 0.3) is 0 Å². The Morgan fingerprint density at radius 1 is 1.43 bits per heavy atom. The van der Waals surface area contributed by atoms with Gasteiger partial charge in [0, 0.05) is 32.5 Å². The summed E-state index contributed by atoms with van der Waals surface area (Å²) in [5.41, 5.74) is -0.557. The Morgan fingerprint density at radius 2 is 2.30 bits per heavy atom. The maximum Gasteiger partial charge on any atom is 0.271 e. The molecule has 0 aromatic carbocycles. The first-order valence-corrected chi connectivity index (χ1v) is 7.55. The zero-order valence-corrected chi connectivity index (χ0v) is 13.0. The Kier molecular flexibility index (Phi) is 4.24. The van der Waals surface area contributed by atoms with Crippen molar-refractivity contribution in [2.75, 3.05) is 31.6 Å². The van der Waals surface area contributed by atoms with Gasteiger partial charge in [-0.2, -0.15) is 0 Å². The molecule has 2 aromatic rings. The number of nitrogens with one attached hydrogen (secondary N) is 1. The van der Waals surface area contributed by atoms with E-state index in [9.17, 15) is 9.90 Å². The molecule has 1 amide bonds. The average molecular weight is 316 g/mol. The summed E-state index contributed by atoms with van der Waals surface area (Å²) in [6, 6.07) is 0. The highest BCUT2D eigenvalue weighted by Crippen LogP contribution is 2.25. The maximum absolute atomic E-state index is 12.3. The van der Waals surface area contributed by atoms with E-state index < -0.39 is 5.60 Å². The fraction of sp³-hybridized carbons (Fsp3) is 0.467. The van der Waals surface area contributed by atoms with Gasteiger partial charge in [-0.1, -0.05) is 0 Å². The lowest BCUT2D eigenvalue weighted by atomic mass is 9.92. The summed E-state index contributed by atoms with van der Waals surface area (Å²) in [6.07, 6.45) is 9.36. The number of carbonyl (C=O) groups excluding carboxylic acids is 1. The first-order valence-electron chi connectivity index (χ1n) is 7.55. The van der Waals surface area contributed by atoms with Gasteiger partial charge >= 0.3 is 0 Å². The lowest BCUT2D eigenvalue weighted by Gasteiger charge is -2.41. The normalized spacial score (nSPS) is 21.2. The van der Waals surface area contributed by atoms with Crippen LogP contribution in [0.5, 0.6) is 0 Å². The Hall–Kier alpha value is -2.48. The number of hydrogen-bond donors (Lipinski definition) is 2. The standard InChI is InChI=1S/C15H20N6O2/c1-20(14(22)12-7-17-11-19-12)9-15(23)3-2-6-21(10-15)13-8-16-4-5-18-13/h4-5,7-8,11,23H,2-3,6,9-10H2,1H3,(H,17,19)/t15-/m0/s1. The number of nitrogens with zero attached hydrogens (tertiary/aromatic N) is 5. The third kappa shape index (κ3) is 3.48. The summed E-state index contributed by atoms with van der Waals surface area (Å²) in [7, 11) is 1.68. The molecule has 122 valence electrons. The van der Waals surface area contributed by atoms with Crippen LogP contribution in [0.4, 0.5) is 5.82 Å². The Balaban J connectivity index is 1.67. The molecule has 0 aliphatic carbocycles. The zero-order chi connectivity index (χ0) is 16.3. The van der Waals surface area contributed by atoms with Crippen LogP contribution in [-0.4, -0.2) is 68.1 Å². The summed E-state index contributed by atoms with van der Waals surface area (Å²) in [5, 5.41) is 10.9. The van der Waals surface area contributed by atoms with Crippen LogP contribution >= 0.6 is 0 Å². The van der Waals surface area contributed by atoms with Gasteiger partial charge in [-0.3, -0.25) is 9.78 Å². The lowest BCUT2D eigenvalue weighted by Crippen LogP contribution is -2.55. The fourth-order valence-corrected chi connectivity index (χ4v) is 2.98. The molecule has 0 bridgehead atoms. The third-order valence-electron chi connectivity index (χ3n) is 4.04. The van der Waals surface area contributed by atoms with E-state index in [-0.39, 0.29) is 12.5 Å². The Morgan fingerprint density at radius 3 is 3.00 bits per heavy atom. The number of likely N-dealkylation sites (N-methyl/N-ethyl adjacent to an activating group) is 1. The fourth-order valence-electron chi connectivity index (χ4n) is 2.98. The number of aliphatic hydroxyl groups is 1. The highest BCUT2D eigenvalue weighted by atomic mass is 16.3. The number of amides is 1. The summed E-state index contributed by atoms with van der Waals surface area (Å²) < 4.78 is 0. The van der Waals surface area contributed by atoms with Gasteiger partial charge in [-0.25, -0.2) is 9.97 Å². The van der Waals surface area contributed by atoms with Crippen LogP contribution in [0.3, 0.4) is 0 Å². The molecule has 0 saturated carbocycles. The molecule has 0 unspecified atom stereocenters. The van der Waals surface area contributed by atoms with Crippen molar-refractivity contribution in [3.8, 4) is 0 Å². The quantitative estimate of drug-likeness (QED) is 0.842. The lowest BCUT2D eigenvalue weighted by molar-refractivity contribution is -0.000276. The van der Waals surface area contributed by atoms with E-state index in [4.69, 9.17) is 0 Å². The molecule has 8 heteroatoms. The second-order valence-electron chi connectivity index (χ2n) is 5.94. The van der Waals surface area contributed by atoms with E-state index in [1.54, 1.807) is 25.6 Å².